The molecule has 188 valence electrons. The van der Waals surface area contributed by atoms with Crippen molar-refractivity contribution in [2.45, 2.75) is 64.7 Å². The highest BCUT2D eigenvalue weighted by Crippen LogP contribution is 2.27. The van der Waals surface area contributed by atoms with Gasteiger partial charge in [-0.2, -0.15) is 0 Å². The molecule has 1 aromatic heterocycles. The Bertz CT molecular complexity index is 1050. The van der Waals surface area contributed by atoms with Crippen molar-refractivity contribution in [1.29, 1.82) is 0 Å². The first kappa shape index (κ1) is 26.5. The first-order chi connectivity index (χ1) is 16.6. The quantitative estimate of drug-likeness (QED) is 0.472. The monoisotopic (exact) mass is 499 g/mol. The Morgan fingerprint density at radius 2 is 1.94 bits per heavy atom. The van der Waals surface area contributed by atoms with Gasteiger partial charge in [-0.1, -0.05) is 73.5 Å². The highest BCUT2D eigenvalue weighted by molar-refractivity contribution is 6.30. The molecule has 2 aromatic rings. The van der Waals surface area contributed by atoms with Crippen LogP contribution in [0.3, 0.4) is 0 Å². The molecule has 7 nitrogen and oxygen atoms in total. The Morgan fingerprint density at radius 1 is 1.20 bits per heavy atom. The molecule has 0 bridgehead atoms. The van der Waals surface area contributed by atoms with Crippen molar-refractivity contribution in [3.8, 4) is 0 Å². The van der Waals surface area contributed by atoms with Gasteiger partial charge in [0.15, 0.2) is 0 Å². The zero-order valence-electron chi connectivity index (χ0n) is 20.8. The molecule has 8 heteroatoms. The Hall–Kier alpha value is -3.06. The van der Waals surface area contributed by atoms with E-state index in [1.807, 2.05) is 75.4 Å². The molecule has 2 amide bonds. The second kappa shape index (κ2) is 11.6. The lowest BCUT2D eigenvalue weighted by Gasteiger charge is -2.28. The Labute approximate surface area is 212 Å². The van der Waals surface area contributed by atoms with E-state index in [-0.39, 0.29) is 13.2 Å². The van der Waals surface area contributed by atoms with E-state index in [4.69, 9.17) is 21.1 Å². The van der Waals surface area contributed by atoms with Crippen LogP contribution in [0.5, 0.6) is 0 Å². The van der Waals surface area contributed by atoms with E-state index in [9.17, 15) is 9.59 Å². The van der Waals surface area contributed by atoms with E-state index in [1.54, 1.807) is 4.90 Å². The molecule has 0 unspecified atom stereocenters. The van der Waals surface area contributed by atoms with Crippen molar-refractivity contribution >= 4 is 29.9 Å². The van der Waals surface area contributed by atoms with Gasteiger partial charge in [0.1, 0.15) is 17.4 Å². The maximum atomic E-state index is 12.7. The number of amides is 2. The minimum atomic E-state index is -0.837. The van der Waals surface area contributed by atoms with Crippen molar-refractivity contribution < 1.29 is 19.1 Å². The van der Waals surface area contributed by atoms with Crippen LogP contribution in [0.25, 0.3) is 6.08 Å². The summed E-state index contributed by atoms with van der Waals surface area (Å²) >= 11 is 6.41. The zero-order valence-corrected chi connectivity index (χ0v) is 21.6. The molecular weight excluding hydrogens is 466 g/mol. The molecule has 1 aromatic carbocycles. The molecule has 35 heavy (non-hydrogen) atoms. The van der Waals surface area contributed by atoms with Crippen LogP contribution in [0, 0.1) is 0 Å². The van der Waals surface area contributed by atoms with Crippen LogP contribution in [-0.2, 0) is 22.5 Å². The van der Waals surface area contributed by atoms with Gasteiger partial charge in [-0.25, -0.2) is 14.6 Å². The highest BCUT2D eigenvalue weighted by atomic mass is 35.5. The number of carbonyl (C=O) groups is 2. The number of nitrogens with zero attached hydrogens (tertiary/aromatic N) is 2. The maximum absolute atomic E-state index is 12.7. The first-order valence-corrected chi connectivity index (χ1v) is 12.3. The zero-order chi connectivity index (χ0) is 25.5. The standard InChI is InChI=1S/C27H34ClN3O4/c1-5-9-22-13-12-21(23(28)29-22)14-15-27(16-17-31(19-27)25(33)35-26(2,3)4)30-24(32)34-18-20-10-7-6-8-11-20/h6-8,10-15H,5,9,16-19H2,1-4H3,(H,30,32)/b15-14-/t27-/m0/s1. The fraction of sp³-hybridized carbons (Fsp3) is 0.444. The minimum absolute atomic E-state index is 0.150. The summed E-state index contributed by atoms with van der Waals surface area (Å²) in [4.78, 5) is 31.5. The SMILES string of the molecule is CCCc1ccc(/C=C\[C@]2(NC(=O)OCc3ccccc3)CCN(C(=O)OC(C)(C)C)C2)c(Cl)n1. The van der Waals surface area contributed by atoms with Crippen molar-refractivity contribution in [3.05, 3.63) is 70.5 Å². The number of hydrogen-bond acceptors (Lipinski definition) is 5. The average molecular weight is 500 g/mol. The smallest absolute Gasteiger partial charge is 0.410 e. The lowest BCUT2D eigenvalue weighted by molar-refractivity contribution is 0.0284. The van der Waals surface area contributed by atoms with Gasteiger partial charge in [0.2, 0.25) is 0 Å². The van der Waals surface area contributed by atoms with Gasteiger partial charge in [-0.15, -0.1) is 0 Å². The van der Waals surface area contributed by atoms with Gasteiger partial charge in [0.25, 0.3) is 0 Å². The van der Waals surface area contributed by atoms with Crippen molar-refractivity contribution in [1.82, 2.24) is 15.2 Å². The van der Waals surface area contributed by atoms with Crippen LogP contribution < -0.4 is 5.32 Å². The largest absolute Gasteiger partial charge is 0.445 e. The number of benzene rings is 1. The van der Waals surface area contributed by atoms with E-state index < -0.39 is 23.3 Å². The summed E-state index contributed by atoms with van der Waals surface area (Å²) in [6, 6.07) is 13.3. The lowest BCUT2D eigenvalue weighted by atomic mass is 9.97. The molecule has 1 atom stereocenters. The summed E-state index contributed by atoms with van der Waals surface area (Å²) in [6.45, 7) is 8.39. The number of likely N-dealkylation sites (tertiary alicyclic amines) is 1. The van der Waals surface area contributed by atoms with Crippen LogP contribution in [0.15, 0.2) is 48.5 Å². The number of halogens is 1. The molecule has 1 N–H and O–H groups in total. The van der Waals surface area contributed by atoms with Gasteiger partial charge < -0.3 is 19.7 Å². The molecule has 1 fully saturated rings. The van der Waals surface area contributed by atoms with E-state index in [1.165, 1.54) is 0 Å². The van der Waals surface area contributed by atoms with E-state index >= 15 is 0 Å². The molecule has 2 heterocycles. The summed E-state index contributed by atoms with van der Waals surface area (Å²) in [6.07, 6.45) is 5.06. The lowest BCUT2D eigenvalue weighted by Crippen LogP contribution is -2.50. The summed E-state index contributed by atoms with van der Waals surface area (Å²) in [5.74, 6) is 0. The third-order valence-corrected chi connectivity index (χ3v) is 5.84. The number of aromatic nitrogens is 1. The van der Waals surface area contributed by atoms with E-state index in [0.717, 1.165) is 29.7 Å². The van der Waals surface area contributed by atoms with Crippen molar-refractivity contribution in [2.75, 3.05) is 13.1 Å². The van der Waals surface area contributed by atoms with Crippen molar-refractivity contribution in [2.24, 2.45) is 0 Å². The summed E-state index contributed by atoms with van der Waals surface area (Å²) in [5.41, 5.74) is 1.11. The number of ether oxygens (including phenoxy) is 2. The predicted octanol–water partition coefficient (Wildman–Crippen LogP) is 6.01. The predicted molar refractivity (Wildman–Crippen MR) is 137 cm³/mol. The average Bonchev–Trinajstić information content (AvgIpc) is 3.21. The number of nitrogens with one attached hydrogen (secondary N) is 1. The van der Waals surface area contributed by atoms with Gasteiger partial charge in [0, 0.05) is 17.8 Å². The first-order valence-electron chi connectivity index (χ1n) is 11.9. The molecule has 0 radical (unpaired) electrons. The molecule has 0 saturated carbocycles. The van der Waals surface area contributed by atoms with Gasteiger partial charge in [0.05, 0.1) is 12.1 Å². The maximum Gasteiger partial charge on any atom is 0.410 e. The topological polar surface area (TPSA) is 80.8 Å². The number of hydrogen-bond donors (Lipinski definition) is 1. The molecule has 1 aliphatic heterocycles. The van der Waals surface area contributed by atoms with Crippen LogP contribution in [0.4, 0.5) is 9.59 Å². The number of carbonyl (C=O) groups excluding carboxylic acids is 2. The Morgan fingerprint density at radius 3 is 2.60 bits per heavy atom. The van der Waals surface area contributed by atoms with E-state index in [0.29, 0.717) is 18.1 Å². The van der Waals surface area contributed by atoms with E-state index in [2.05, 4.69) is 17.2 Å². The highest BCUT2D eigenvalue weighted by Gasteiger charge is 2.41. The number of rotatable bonds is 7. The number of alkyl carbamates (subject to hydrolysis) is 1. The summed E-state index contributed by atoms with van der Waals surface area (Å²) in [7, 11) is 0. The van der Waals surface area contributed by atoms with Gasteiger partial charge >= 0.3 is 12.2 Å². The van der Waals surface area contributed by atoms with Crippen LogP contribution in [0.1, 0.15) is 57.4 Å². The third-order valence-electron chi connectivity index (χ3n) is 5.54. The molecular formula is C27H34ClN3O4. The molecule has 3 rings (SSSR count). The molecule has 0 spiro atoms. The van der Waals surface area contributed by atoms with Gasteiger partial charge in [-0.05, 0) is 45.2 Å². The van der Waals surface area contributed by atoms with Crippen LogP contribution >= 0.6 is 11.6 Å². The number of pyridine rings is 1. The fourth-order valence-electron chi connectivity index (χ4n) is 3.81. The van der Waals surface area contributed by atoms with Crippen molar-refractivity contribution in [3.63, 3.8) is 0 Å². The van der Waals surface area contributed by atoms with Gasteiger partial charge in [-0.3, -0.25) is 0 Å². The normalized spacial score (nSPS) is 18.0. The summed E-state index contributed by atoms with van der Waals surface area (Å²) < 4.78 is 11.0. The molecule has 1 aliphatic rings. The minimum Gasteiger partial charge on any atom is -0.445 e. The third kappa shape index (κ3) is 7.99. The number of aryl methyl sites for hydroxylation is 1. The summed E-state index contributed by atoms with van der Waals surface area (Å²) in [5, 5.41) is 3.37. The Kier molecular flexibility index (Phi) is 8.78. The second-order valence-corrected chi connectivity index (χ2v) is 10.1. The van der Waals surface area contributed by atoms with Crippen LogP contribution in [-0.4, -0.2) is 46.3 Å². The molecule has 0 aliphatic carbocycles. The van der Waals surface area contributed by atoms with Crippen LogP contribution in [0.2, 0.25) is 5.15 Å². The Balaban J connectivity index is 1.77. The molecule has 1 saturated heterocycles. The fourth-order valence-corrected chi connectivity index (χ4v) is 4.04. The second-order valence-electron chi connectivity index (χ2n) is 9.76.